The maximum atomic E-state index is 10.9. The lowest BCUT2D eigenvalue weighted by atomic mass is 10.2. The monoisotopic (exact) mass is 314 g/mol. The third-order valence-electron chi connectivity index (χ3n) is 3.01. The van der Waals surface area contributed by atoms with Crippen molar-refractivity contribution in [3.63, 3.8) is 0 Å². The van der Waals surface area contributed by atoms with Gasteiger partial charge < -0.3 is 4.90 Å². The first-order valence-corrected chi connectivity index (χ1v) is 7.57. The van der Waals surface area contributed by atoms with Crippen molar-refractivity contribution in [2.24, 2.45) is 0 Å². The molecule has 0 radical (unpaired) electrons. The highest BCUT2D eigenvalue weighted by atomic mass is 32.2. The summed E-state index contributed by atoms with van der Waals surface area (Å²) in [7, 11) is 4.04. The lowest BCUT2D eigenvalue weighted by Gasteiger charge is -2.12. The summed E-state index contributed by atoms with van der Waals surface area (Å²) in [5.41, 5.74) is 3.63. The Morgan fingerprint density at radius 1 is 1.05 bits per heavy atom. The van der Waals surface area contributed by atoms with Gasteiger partial charge in [-0.1, -0.05) is 23.9 Å². The van der Waals surface area contributed by atoms with E-state index in [1.54, 1.807) is 23.3 Å². The molecule has 0 atom stereocenters. The summed E-state index contributed by atoms with van der Waals surface area (Å²) < 4.78 is 0. The number of nitrogens with zero attached hydrogens (tertiary/aromatic N) is 1. The van der Waals surface area contributed by atoms with Gasteiger partial charge >= 0.3 is 0 Å². The predicted octanol–water partition coefficient (Wildman–Crippen LogP) is 3.42. The van der Waals surface area contributed by atoms with Crippen LogP contribution in [0.15, 0.2) is 64.4 Å². The molecule has 2 aromatic rings. The van der Waals surface area contributed by atoms with Crippen molar-refractivity contribution >= 4 is 29.4 Å². The number of carbonyl (C=O) groups excluding carboxylic acids is 1. The Labute approximate surface area is 134 Å². The lowest BCUT2D eigenvalue weighted by molar-refractivity contribution is -0.124. The smallest absolute Gasteiger partial charge is 0.267 e. The fourth-order valence-electron chi connectivity index (χ4n) is 1.80. The highest BCUT2D eigenvalue weighted by Gasteiger charge is 1.99. The molecule has 0 unspecified atom stereocenters. The summed E-state index contributed by atoms with van der Waals surface area (Å²) in [6.07, 6.45) is 2.92. The number of anilines is 1. The number of hydrogen-bond donors (Lipinski definition) is 2. The number of hydroxylamine groups is 1. The number of rotatable bonds is 5. The largest absolute Gasteiger partial charge is 0.378 e. The average molecular weight is 314 g/mol. The van der Waals surface area contributed by atoms with Gasteiger partial charge in [-0.25, -0.2) is 5.48 Å². The van der Waals surface area contributed by atoms with E-state index in [4.69, 9.17) is 5.21 Å². The van der Waals surface area contributed by atoms with Crippen LogP contribution in [0.5, 0.6) is 0 Å². The molecule has 22 heavy (non-hydrogen) atoms. The number of amides is 1. The van der Waals surface area contributed by atoms with E-state index in [9.17, 15) is 4.79 Å². The Hall–Kier alpha value is -2.24. The average Bonchev–Trinajstić information content (AvgIpc) is 2.54. The van der Waals surface area contributed by atoms with Crippen molar-refractivity contribution in [3.05, 3.63) is 60.2 Å². The zero-order valence-electron chi connectivity index (χ0n) is 12.5. The van der Waals surface area contributed by atoms with Gasteiger partial charge in [-0.3, -0.25) is 10.0 Å². The van der Waals surface area contributed by atoms with Crippen LogP contribution < -0.4 is 10.4 Å². The number of nitrogens with one attached hydrogen (secondary N) is 1. The minimum Gasteiger partial charge on any atom is -0.378 e. The minimum absolute atomic E-state index is 0.542. The Morgan fingerprint density at radius 3 is 2.09 bits per heavy atom. The first kappa shape index (κ1) is 16.1. The molecule has 1 amide bonds. The highest BCUT2D eigenvalue weighted by Crippen LogP contribution is 2.29. The number of hydrogen-bond acceptors (Lipinski definition) is 4. The van der Waals surface area contributed by atoms with E-state index < -0.39 is 5.91 Å². The van der Waals surface area contributed by atoms with E-state index in [0.29, 0.717) is 0 Å². The van der Waals surface area contributed by atoms with Crippen LogP contribution >= 0.6 is 11.8 Å². The summed E-state index contributed by atoms with van der Waals surface area (Å²) >= 11 is 1.68. The summed E-state index contributed by atoms with van der Waals surface area (Å²) in [6.45, 7) is 0. The normalized spacial score (nSPS) is 10.7. The van der Waals surface area contributed by atoms with Gasteiger partial charge in [0, 0.05) is 35.6 Å². The molecule has 2 aromatic carbocycles. The molecule has 114 valence electrons. The van der Waals surface area contributed by atoms with E-state index >= 15 is 0 Å². The molecule has 2 rings (SSSR count). The zero-order chi connectivity index (χ0) is 15.9. The van der Waals surface area contributed by atoms with Gasteiger partial charge in [0.05, 0.1) is 0 Å². The SMILES string of the molecule is CN(C)c1ccc(Sc2ccc(/C=C/C(=O)NO)cc2)cc1. The molecule has 0 saturated heterocycles. The molecule has 0 aliphatic rings. The maximum Gasteiger partial charge on any atom is 0.267 e. The fourth-order valence-corrected chi connectivity index (χ4v) is 2.62. The standard InChI is InChI=1S/C17H18N2O2S/c1-19(2)14-6-10-16(11-7-14)22-15-8-3-13(4-9-15)5-12-17(20)18-21/h3-12,21H,1-2H3,(H,18,20)/b12-5+. The lowest BCUT2D eigenvalue weighted by Crippen LogP contribution is -2.14. The molecule has 4 nitrogen and oxygen atoms in total. The van der Waals surface area contributed by atoms with Crippen molar-refractivity contribution in [1.29, 1.82) is 0 Å². The maximum absolute atomic E-state index is 10.9. The predicted molar refractivity (Wildman–Crippen MR) is 90.3 cm³/mol. The molecular weight excluding hydrogens is 296 g/mol. The molecule has 0 aliphatic heterocycles. The Balaban J connectivity index is 2.01. The van der Waals surface area contributed by atoms with Crippen molar-refractivity contribution in [2.45, 2.75) is 9.79 Å². The van der Waals surface area contributed by atoms with Crippen LogP contribution in [0.3, 0.4) is 0 Å². The van der Waals surface area contributed by atoms with Crippen LogP contribution in [0, 0.1) is 0 Å². The summed E-state index contributed by atoms with van der Waals surface area (Å²) in [6, 6.07) is 16.2. The van der Waals surface area contributed by atoms with Crippen molar-refractivity contribution in [2.75, 3.05) is 19.0 Å². The third kappa shape index (κ3) is 4.65. The van der Waals surface area contributed by atoms with Gasteiger partial charge in [-0.05, 0) is 48.0 Å². The van der Waals surface area contributed by atoms with Crippen LogP contribution in [0.2, 0.25) is 0 Å². The molecule has 0 heterocycles. The molecule has 0 bridgehead atoms. The fraction of sp³-hybridized carbons (Fsp3) is 0.118. The highest BCUT2D eigenvalue weighted by molar-refractivity contribution is 7.99. The van der Waals surface area contributed by atoms with E-state index in [2.05, 4.69) is 29.2 Å². The van der Waals surface area contributed by atoms with E-state index in [1.807, 2.05) is 38.4 Å². The molecule has 0 aliphatic carbocycles. The first-order chi connectivity index (χ1) is 10.6. The zero-order valence-corrected chi connectivity index (χ0v) is 13.3. The topological polar surface area (TPSA) is 52.6 Å². The van der Waals surface area contributed by atoms with Gasteiger partial charge in [0.15, 0.2) is 0 Å². The minimum atomic E-state index is -0.542. The molecule has 5 heteroatoms. The first-order valence-electron chi connectivity index (χ1n) is 6.76. The second kappa shape index (κ2) is 7.68. The summed E-state index contributed by atoms with van der Waals surface area (Å²) in [5, 5.41) is 8.42. The summed E-state index contributed by atoms with van der Waals surface area (Å²) in [5.74, 6) is -0.542. The van der Waals surface area contributed by atoms with Gasteiger partial charge in [-0.2, -0.15) is 0 Å². The molecule has 0 spiro atoms. The second-order valence-electron chi connectivity index (χ2n) is 4.87. The van der Waals surface area contributed by atoms with Crippen LogP contribution in [-0.4, -0.2) is 25.2 Å². The van der Waals surface area contributed by atoms with Gasteiger partial charge in [0.1, 0.15) is 0 Å². The van der Waals surface area contributed by atoms with Crippen LogP contribution in [0.1, 0.15) is 5.56 Å². The van der Waals surface area contributed by atoms with E-state index in [-0.39, 0.29) is 0 Å². The van der Waals surface area contributed by atoms with Crippen LogP contribution in [0.4, 0.5) is 5.69 Å². The van der Waals surface area contributed by atoms with Crippen LogP contribution in [0.25, 0.3) is 6.08 Å². The Morgan fingerprint density at radius 2 is 1.59 bits per heavy atom. The van der Waals surface area contributed by atoms with Crippen molar-refractivity contribution < 1.29 is 10.0 Å². The quantitative estimate of drug-likeness (QED) is 0.504. The van der Waals surface area contributed by atoms with Crippen molar-refractivity contribution in [3.8, 4) is 0 Å². The van der Waals surface area contributed by atoms with Crippen LogP contribution in [-0.2, 0) is 4.79 Å². The second-order valence-corrected chi connectivity index (χ2v) is 6.02. The van der Waals surface area contributed by atoms with Crippen molar-refractivity contribution in [1.82, 2.24) is 5.48 Å². The van der Waals surface area contributed by atoms with Gasteiger partial charge in [0.25, 0.3) is 5.91 Å². The number of benzene rings is 2. The molecule has 0 saturated carbocycles. The van der Waals surface area contributed by atoms with Gasteiger partial charge in [0.2, 0.25) is 0 Å². The molecule has 0 fully saturated rings. The molecule has 2 N–H and O–H groups in total. The van der Waals surface area contributed by atoms with E-state index in [0.717, 1.165) is 10.5 Å². The molecule has 0 aromatic heterocycles. The number of carbonyl (C=O) groups is 1. The molecular formula is C17H18N2O2S. The Bertz CT molecular complexity index is 649. The summed E-state index contributed by atoms with van der Waals surface area (Å²) in [4.78, 5) is 15.3. The van der Waals surface area contributed by atoms with E-state index in [1.165, 1.54) is 16.7 Å². The Kier molecular flexibility index (Phi) is 5.63. The van der Waals surface area contributed by atoms with Gasteiger partial charge in [-0.15, -0.1) is 0 Å². The third-order valence-corrected chi connectivity index (χ3v) is 4.02.